The van der Waals surface area contributed by atoms with Gasteiger partial charge in [0.05, 0.1) is 12.8 Å². The molecule has 0 aliphatic carbocycles. The third-order valence-corrected chi connectivity index (χ3v) is 2.16. The van der Waals surface area contributed by atoms with Crippen LogP contribution in [-0.2, 0) is 0 Å². The first kappa shape index (κ1) is 10.4. The average Bonchev–Trinajstić information content (AvgIpc) is 2.39. The maximum atomic E-state index is 5.05. The van der Waals surface area contributed by atoms with Gasteiger partial charge in [0.1, 0.15) is 5.82 Å². The van der Waals surface area contributed by atoms with E-state index in [0.717, 1.165) is 17.1 Å². The van der Waals surface area contributed by atoms with Crippen LogP contribution in [0.15, 0.2) is 30.5 Å². The summed E-state index contributed by atoms with van der Waals surface area (Å²) in [5.41, 5.74) is 1.72. The average molecular weight is 216 g/mol. The van der Waals surface area contributed by atoms with Gasteiger partial charge in [-0.05, 0) is 18.2 Å². The van der Waals surface area contributed by atoms with Crippen LogP contribution >= 0.6 is 0 Å². The second-order valence-corrected chi connectivity index (χ2v) is 3.14. The summed E-state index contributed by atoms with van der Waals surface area (Å²) >= 11 is 0. The lowest BCUT2D eigenvalue weighted by Crippen LogP contribution is -1.95. The van der Waals surface area contributed by atoms with Crippen LogP contribution in [0.25, 0.3) is 11.3 Å². The van der Waals surface area contributed by atoms with E-state index >= 15 is 0 Å². The van der Waals surface area contributed by atoms with Crippen molar-refractivity contribution in [3.05, 3.63) is 30.5 Å². The van der Waals surface area contributed by atoms with Crippen LogP contribution in [0.2, 0.25) is 0 Å². The van der Waals surface area contributed by atoms with E-state index < -0.39 is 0 Å². The molecule has 0 aromatic carbocycles. The summed E-state index contributed by atoms with van der Waals surface area (Å²) in [6.07, 6.45) is 1.68. The maximum Gasteiger partial charge on any atom is 0.213 e. The van der Waals surface area contributed by atoms with Crippen LogP contribution in [0.4, 0.5) is 5.82 Å². The zero-order chi connectivity index (χ0) is 11.4. The number of rotatable bonds is 3. The number of methoxy groups -OCH3 is 1. The minimum atomic E-state index is 0.567. The summed E-state index contributed by atoms with van der Waals surface area (Å²) in [7, 11) is 3.39. The number of hydrogen-bond donors (Lipinski definition) is 1. The highest BCUT2D eigenvalue weighted by molar-refractivity contribution is 5.60. The number of aromatic nitrogens is 3. The second kappa shape index (κ2) is 4.57. The Morgan fingerprint density at radius 2 is 2.06 bits per heavy atom. The maximum absolute atomic E-state index is 5.05. The zero-order valence-electron chi connectivity index (χ0n) is 9.14. The van der Waals surface area contributed by atoms with Crippen molar-refractivity contribution >= 4 is 5.82 Å². The highest BCUT2D eigenvalue weighted by Gasteiger charge is 2.02. The molecule has 0 saturated carbocycles. The summed E-state index contributed by atoms with van der Waals surface area (Å²) in [6, 6.07) is 7.46. The molecule has 0 aliphatic rings. The normalized spacial score (nSPS) is 9.88. The van der Waals surface area contributed by atoms with Crippen molar-refractivity contribution in [2.75, 3.05) is 19.5 Å². The van der Waals surface area contributed by atoms with Gasteiger partial charge in [-0.25, -0.2) is 4.98 Å². The van der Waals surface area contributed by atoms with E-state index in [9.17, 15) is 0 Å². The molecule has 2 heterocycles. The number of hydrogen-bond acceptors (Lipinski definition) is 5. The topological polar surface area (TPSA) is 59.9 Å². The molecule has 2 rings (SSSR count). The number of anilines is 1. The van der Waals surface area contributed by atoms with Crippen molar-refractivity contribution in [2.24, 2.45) is 0 Å². The van der Waals surface area contributed by atoms with Gasteiger partial charge in [0, 0.05) is 24.9 Å². The standard InChI is InChI=1S/C11H12N4O/c1-12-10-4-3-9(14-15-10)8-5-6-13-11(7-8)16-2/h3-7H,1-2H3,(H,12,15). The molecule has 0 spiro atoms. The fourth-order valence-corrected chi connectivity index (χ4v) is 1.30. The van der Waals surface area contributed by atoms with Gasteiger partial charge < -0.3 is 10.1 Å². The SMILES string of the molecule is CNc1ccc(-c2ccnc(OC)c2)nn1. The van der Waals surface area contributed by atoms with E-state index in [4.69, 9.17) is 4.74 Å². The third kappa shape index (κ3) is 2.08. The third-order valence-electron chi connectivity index (χ3n) is 2.16. The molecule has 82 valence electrons. The summed E-state index contributed by atoms with van der Waals surface area (Å²) < 4.78 is 5.05. The Morgan fingerprint density at radius 3 is 2.69 bits per heavy atom. The van der Waals surface area contributed by atoms with Gasteiger partial charge in [-0.15, -0.1) is 10.2 Å². The van der Waals surface area contributed by atoms with Crippen molar-refractivity contribution in [1.82, 2.24) is 15.2 Å². The van der Waals surface area contributed by atoms with E-state index in [0.29, 0.717) is 5.88 Å². The Hall–Kier alpha value is -2.17. The molecular weight excluding hydrogens is 204 g/mol. The molecule has 0 unspecified atom stereocenters. The minimum Gasteiger partial charge on any atom is -0.481 e. The lowest BCUT2D eigenvalue weighted by atomic mass is 10.2. The van der Waals surface area contributed by atoms with Gasteiger partial charge in [0.25, 0.3) is 0 Å². The molecular formula is C11H12N4O. The number of pyridine rings is 1. The van der Waals surface area contributed by atoms with Crippen molar-refractivity contribution in [3.8, 4) is 17.1 Å². The smallest absolute Gasteiger partial charge is 0.213 e. The molecule has 0 aliphatic heterocycles. The fourth-order valence-electron chi connectivity index (χ4n) is 1.30. The second-order valence-electron chi connectivity index (χ2n) is 3.14. The van der Waals surface area contributed by atoms with Crippen LogP contribution in [0.3, 0.4) is 0 Å². The van der Waals surface area contributed by atoms with Gasteiger partial charge in [0.15, 0.2) is 0 Å². The minimum absolute atomic E-state index is 0.567. The van der Waals surface area contributed by atoms with Crippen molar-refractivity contribution in [3.63, 3.8) is 0 Å². The van der Waals surface area contributed by atoms with Gasteiger partial charge in [-0.3, -0.25) is 0 Å². The van der Waals surface area contributed by atoms with E-state index in [1.807, 2.05) is 24.3 Å². The fraction of sp³-hybridized carbons (Fsp3) is 0.182. The van der Waals surface area contributed by atoms with E-state index in [1.165, 1.54) is 0 Å². The van der Waals surface area contributed by atoms with Crippen LogP contribution in [0, 0.1) is 0 Å². The molecule has 16 heavy (non-hydrogen) atoms. The van der Waals surface area contributed by atoms with E-state index in [2.05, 4.69) is 20.5 Å². The van der Waals surface area contributed by atoms with E-state index in [-0.39, 0.29) is 0 Å². The highest BCUT2D eigenvalue weighted by Crippen LogP contribution is 2.19. The lowest BCUT2D eigenvalue weighted by molar-refractivity contribution is 0.398. The molecule has 0 saturated heterocycles. The van der Waals surface area contributed by atoms with Gasteiger partial charge in [-0.2, -0.15) is 0 Å². The molecule has 0 bridgehead atoms. The van der Waals surface area contributed by atoms with Gasteiger partial charge >= 0.3 is 0 Å². The highest BCUT2D eigenvalue weighted by atomic mass is 16.5. The molecule has 5 nitrogen and oxygen atoms in total. The molecule has 0 amide bonds. The summed E-state index contributed by atoms with van der Waals surface area (Å²) in [6.45, 7) is 0. The number of nitrogens with zero attached hydrogens (tertiary/aromatic N) is 3. The summed E-state index contributed by atoms with van der Waals surface area (Å²) in [5, 5.41) is 11.0. The molecule has 5 heteroatoms. The molecule has 1 N–H and O–H groups in total. The van der Waals surface area contributed by atoms with Gasteiger partial charge in [-0.1, -0.05) is 0 Å². The largest absolute Gasteiger partial charge is 0.481 e. The monoisotopic (exact) mass is 216 g/mol. The Kier molecular flexibility index (Phi) is 2.95. The lowest BCUT2D eigenvalue weighted by Gasteiger charge is -2.03. The summed E-state index contributed by atoms with van der Waals surface area (Å²) in [5.74, 6) is 1.31. The Bertz CT molecular complexity index is 470. The number of nitrogens with one attached hydrogen (secondary N) is 1. The Balaban J connectivity index is 2.34. The van der Waals surface area contributed by atoms with Gasteiger partial charge in [0.2, 0.25) is 5.88 Å². The summed E-state index contributed by atoms with van der Waals surface area (Å²) in [4.78, 5) is 4.03. The van der Waals surface area contributed by atoms with Crippen molar-refractivity contribution in [2.45, 2.75) is 0 Å². The van der Waals surface area contributed by atoms with Crippen LogP contribution in [0.5, 0.6) is 5.88 Å². The van der Waals surface area contributed by atoms with Crippen LogP contribution < -0.4 is 10.1 Å². The molecule has 0 radical (unpaired) electrons. The Labute approximate surface area is 93.5 Å². The predicted molar refractivity (Wildman–Crippen MR) is 61.4 cm³/mol. The van der Waals surface area contributed by atoms with E-state index in [1.54, 1.807) is 20.4 Å². The first-order valence-corrected chi connectivity index (χ1v) is 4.85. The number of ether oxygens (including phenoxy) is 1. The predicted octanol–water partition coefficient (Wildman–Crippen LogP) is 1.59. The van der Waals surface area contributed by atoms with Crippen molar-refractivity contribution in [1.29, 1.82) is 0 Å². The molecule has 2 aromatic rings. The molecule has 2 aromatic heterocycles. The first-order chi connectivity index (χ1) is 7.83. The van der Waals surface area contributed by atoms with Crippen LogP contribution in [-0.4, -0.2) is 29.3 Å². The van der Waals surface area contributed by atoms with Crippen molar-refractivity contribution < 1.29 is 4.74 Å². The molecule has 0 fully saturated rings. The zero-order valence-corrected chi connectivity index (χ0v) is 9.14. The van der Waals surface area contributed by atoms with Crippen LogP contribution in [0.1, 0.15) is 0 Å². The first-order valence-electron chi connectivity index (χ1n) is 4.85. The quantitative estimate of drug-likeness (QED) is 0.844. The Morgan fingerprint density at radius 1 is 1.19 bits per heavy atom. The molecule has 0 atom stereocenters.